The van der Waals surface area contributed by atoms with Gasteiger partial charge in [0.15, 0.2) is 0 Å². The zero-order chi connectivity index (χ0) is 21.6. The Kier molecular flexibility index (Phi) is 8.48. The number of hydrogen-bond acceptors (Lipinski definition) is 5. The fraction of sp³-hybridized carbons (Fsp3) is 0.667. The second-order valence-corrected chi connectivity index (χ2v) is 9.72. The van der Waals surface area contributed by atoms with Crippen LogP contribution in [0, 0.1) is 0 Å². The molecule has 164 valence electrons. The summed E-state index contributed by atoms with van der Waals surface area (Å²) in [5, 5.41) is 2.88. The summed E-state index contributed by atoms with van der Waals surface area (Å²) >= 11 is 0. The van der Waals surface area contributed by atoms with Crippen molar-refractivity contribution in [3.63, 3.8) is 0 Å². The van der Waals surface area contributed by atoms with Crippen LogP contribution in [0.25, 0.3) is 0 Å². The van der Waals surface area contributed by atoms with E-state index in [1.807, 2.05) is 13.8 Å². The highest BCUT2D eigenvalue weighted by Crippen LogP contribution is 2.30. The van der Waals surface area contributed by atoms with Crippen LogP contribution in [0.3, 0.4) is 0 Å². The Morgan fingerprint density at radius 2 is 1.97 bits per heavy atom. The average Bonchev–Trinajstić information content (AvgIpc) is 2.65. The van der Waals surface area contributed by atoms with Gasteiger partial charge in [-0.1, -0.05) is 20.3 Å². The smallest absolute Gasteiger partial charge is 0.243 e. The first kappa shape index (κ1) is 23.6. The summed E-state index contributed by atoms with van der Waals surface area (Å²) in [4.78, 5) is 15.0. The van der Waals surface area contributed by atoms with Crippen LogP contribution in [0.5, 0.6) is 5.75 Å². The van der Waals surface area contributed by atoms with Crippen molar-refractivity contribution in [1.82, 2.24) is 9.21 Å². The molecule has 1 fully saturated rings. The van der Waals surface area contributed by atoms with E-state index in [0.717, 1.165) is 19.4 Å². The van der Waals surface area contributed by atoms with Crippen LogP contribution >= 0.6 is 0 Å². The van der Waals surface area contributed by atoms with E-state index < -0.39 is 10.0 Å². The van der Waals surface area contributed by atoms with Gasteiger partial charge in [-0.2, -0.15) is 4.31 Å². The minimum atomic E-state index is -3.62. The number of ether oxygens (including phenoxy) is 1. The van der Waals surface area contributed by atoms with Crippen LogP contribution in [0.1, 0.15) is 53.9 Å². The monoisotopic (exact) mass is 425 g/mol. The standard InChI is InChI=1S/C21H35N3O4S/c1-6-24(7-2)29(26,27)18-11-12-20(28-16(3)4)19(14-18)22-21(25)15-23-13-9-8-10-17(23)5/h11-12,14,16-17H,6-10,13,15H2,1-5H3,(H,22,25)/t17-/m1/s1. The Morgan fingerprint density at radius 3 is 2.55 bits per heavy atom. The molecule has 1 N–H and O–H groups in total. The van der Waals surface area contributed by atoms with Gasteiger partial charge in [0.05, 0.1) is 23.2 Å². The van der Waals surface area contributed by atoms with Crippen LogP contribution in [0.15, 0.2) is 23.1 Å². The fourth-order valence-electron chi connectivity index (χ4n) is 3.60. The molecule has 1 aliphatic heterocycles. The number of benzene rings is 1. The topological polar surface area (TPSA) is 79.0 Å². The zero-order valence-corrected chi connectivity index (χ0v) is 19.1. The Morgan fingerprint density at radius 1 is 1.28 bits per heavy atom. The number of carbonyl (C=O) groups excluding carboxylic acids is 1. The number of sulfonamides is 1. The molecule has 1 aromatic carbocycles. The van der Waals surface area contributed by atoms with Crippen molar-refractivity contribution in [3.05, 3.63) is 18.2 Å². The molecular weight excluding hydrogens is 390 g/mol. The number of anilines is 1. The van der Waals surface area contributed by atoms with Crippen molar-refractivity contribution < 1.29 is 17.9 Å². The maximum Gasteiger partial charge on any atom is 0.243 e. The number of likely N-dealkylation sites (tertiary alicyclic amines) is 1. The highest BCUT2D eigenvalue weighted by Gasteiger charge is 2.25. The van der Waals surface area contributed by atoms with Crippen molar-refractivity contribution in [2.24, 2.45) is 0 Å². The Balaban J connectivity index is 2.28. The van der Waals surface area contributed by atoms with E-state index in [4.69, 9.17) is 4.74 Å². The molecule has 7 nitrogen and oxygen atoms in total. The average molecular weight is 426 g/mol. The quantitative estimate of drug-likeness (QED) is 0.657. The van der Waals surface area contributed by atoms with Gasteiger partial charge in [-0.15, -0.1) is 0 Å². The van der Waals surface area contributed by atoms with Crippen LogP contribution in [0.2, 0.25) is 0 Å². The van der Waals surface area contributed by atoms with E-state index in [1.165, 1.54) is 22.9 Å². The minimum absolute atomic E-state index is 0.0991. The van der Waals surface area contributed by atoms with E-state index >= 15 is 0 Å². The Labute approximate surface area is 175 Å². The first-order valence-electron chi connectivity index (χ1n) is 10.5. The first-order chi connectivity index (χ1) is 13.7. The van der Waals surface area contributed by atoms with Crippen LogP contribution in [-0.4, -0.2) is 61.9 Å². The molecule has 2 rings (SSSR count). The molecule has 0 radical (unpaired) electrons. The summed E-state index contributed by atoms with van der Waals surface area (Å²) in [7, 11) is -3.62. The molecule has 1 heterocycles. The van der Waals surface area contributed by atoms with Crippen molar-refractivity contribution in [2.45, 2.75) is 70.9 Å². The Bertz CT molecular complexity index is 791. The number of carbonyl (C=O) groups is 1. The molecule has 0 bridgehead atoms. The van der Waals surface area contributed by atoms with Gasteiger partial charge >= 0.3 is 0 Å². The van der Waals surface area contributed by atoms with Crippen molar-refractivity contribution >= 4 is 21.6 Å². The Hall–Kier alpha value is -1.64. The second kappa shape index (κ2) is 10.4. The predicted molar refractivity (Wildman–Crippen MR) is 116 cm³/mol. The summed E-state index contributed by atoms with van der Waals surface area (Å²) in [6.07, 6.45) is 3.28. The third-order valence-corrected chi connectivity index (χ3v) is 7.26. The molecule has 0 spiro atoms. The predicted octanol–water partition coefficient (Wildman–Crippen LogP) is 3.32. The summed E-state index contributed by atoms with van der Waals surface area (Å²) < 4.78 is 33.0. The molecule has 0 unspecified atom stereocenters. The third-order valence-electron chi connectivity index (χ3n) is 5.22. The largest absolute Gasteiger partial charge is 0.489 e. The minimum Gasteiger partial charge on any atom is -0.489 e. The normalized spacial score (nSPS) is 18.2. The van der Waals surface area contributed by atoms with E-state index in [9.17, 15) is 13.2 Å². The SMILES string of the molecule is CCN(CC)S(=O)(=O)c1ccc(OC(C)C)c(NC(=O)CN2CCCC[C@H]2C)c1. The lowest BCUT2D eigenvalue weighted by Gasteiger charge is -2.32. The maximum absolute atomic E-state index is 12.9. The molecule has 1 saturated heterocycles. The molecule has 0 aromatic heterocycles. The fourth-order valence-corrected chi connectivity index (χ4v) is 5.09. The molecule has 0 aliphatic carbocycles. The number of piperidine rings is 1. The highest BCUT2D eigenvalue weighted by molar-refractivity contribution is 7.89. The number of nitrogens with zero attached hydrogens (tertiary/aromatic N) is 2. The van der Waals surface area contributed by atoms with Gasteiger partial charge in [0.1, 0.15) is 5.75 Å². The highest BCUT2D eigenvalue weighted by atomic mass is 32.2. The molecule has 29 heavy (non-hydrogen) atoms. The van der Waals surface area contributed by atoms with Gasteiger partial charge in [-0.25, -0.2) is 8.42 Å². The third kappa shape index (κ3) is 6.17. The zero-order valence-electron chi connectivity index (χ0n) is 18.3. The first-order valence-corrected chi connectivity index (χ1v) is 12.0. The maximum atomic E-state index is 12.9. The number of rotatable bonds is 9. The van der Waals surface area contributed by atoms with Crippen LogP contribution in [-0.2, 0) is 14.8 Å². The van der Waals surface area contributed by atoms with Gasteiger partial charge in [-0.05, 0) is 58.4 Å². The van der Waals surface area contributed by atoms with Crippen molar-refractivity contribution in [1.29, 1.82) is 0 Å². The van der Waals surface area contributed by atoms with Gasteiger partial charge in [-0.3, -0.25) is 9.69 Å². The lowest BCUT2D eigenvalue weighted by Crippen LogP contribution is -2.42. The molecule has 1 atom stereocenters. The van der Waals surface area contributed by atoms with Crippen LogP contribution in [0.4, 0.5) is 5.69 Å². The lowest BCUT2D eigenvalue weighted by molar-refractivity contribution is -0.118. The van der Waals surface area contributed by atoms with Crippen molar-refractivity contribution in [2.75, 3.05) is 31.5 Å². The molecule has 0 saturated carbocycles. The van der Waals surface area contributed by atoms with Gasteiger partial charge in [0.25, 0.3) is 0 Å². The molecule has 8 heteroatoms. The summed E-state index contributed by atoms with van der Waals surface area (Å²) in [5.74, 6) is 0.309. The van der Waals surface area contributed by atoms with Gasteiger partial charge < -0.3 is 10.1 Å². The second-order valence-electron chi connectivity index (χ2n) is 7.78. The molecule has 1 amide bonds. The number of hydrogen-bond donors (Lipinski definition) is 1. The molecular formula is C21H35N3O4S. The molecule has 1 aromatic rings. The number of nitrogens with one attached hydrogen (secondary N) is 1. The van der Waals surface area contributed by atoms with E-state index in [0.29, 0.717) is 30.6 Å². The number of amides is 1. The summed E-state index contributed by atoms with van der Waals surface area (Å²) in [6, 6.07) is 5.03. The van der Waals surface area contributed by atoms with E-state index in [1.54, 1.807) is 19.9 Å². The van der Waals surface area contributed by atoms with Gasteiger partial charge in [0, 0.05) is 19.1 Å². The lowest BCUT2D eigenvalue weighted by atomic mass is 10.0. The molecule has 1 aliphatic rings. The van der Waals surface area contributed by atoms with Crippen LogP contribution < -0.4 is 10.1 Å². The summed E-state index contributed by atoms with van der Waals surface area (Å²) in [6.45, 7) is 11.5. The van der Waals surface area contributed by atoms with E-state index in [-0.39, 0.29) is 23.5 Å². The van der Waals surface area contributed by atoms with E-state index in [2.05, 4.69) is 17.1 Å². The van der Waals surface area contributed by atoms with Gasteiger partial charge in [0.2, 0.25) is 15.9 Å². The van der Waals surface area contributed by atoms with Crippen molar-refractivity contribution in [3.8, 4) is 5.75 Å². The summed E-state index contributed by atoms with van der Waals surface area (Å²) in [5.41, 5.74) is 0.390.